The molecule has 11 nitrogen and oxygen atoms in total. The summed E-state index contributed by atoms with van der Waals surface area (Å²) in [5.41, 5.74) is 2.20. The van der Waals surface area contributed by atoms with E-state index in [4.69, 9.17) is 5.73 Å². The van der Waals surface area contributed by atoms with Crippen LogP contribution in [-0.2, 0) is 20.8 Å². The van der Waals surface area contributed by atoms with Crippen molar-refractivity contribution in [3.8, 4) is 5.75 Å². The van der Waals surface area contributed by atoms with E-state index in [0.717, 1.165) is 6.92 Å². The zero-order valence-electron chi connectivity index (χ0n) is 20.3. The average Bonchev–Trinajstić information content (AvgIpc) is 2.75. The van der Waals surface area contributed by atoms with Crippen LogP contribution in [0.15, 0.2) is 6.07 Å². The number of nitrogens with zero attached hydrogens (tertiary/aromatic N) is 1. The molecule has 1 aromatic carbocycles. The fourth-order valence-electron chi connectivity index (χ4n) is 6.47. The molecule has 3 aliphatic rings. The van der Waals surface area contributed by atoms with E-state index in [1.54, 1.807) is 14.1 Å². The lowest BCUT2D eigenvalue weighted by Crippen LogP contribution is -2.75. The first-order valence-corrected chi connectivity index (χ1v) is 11.6. The fraction of sp³-hybridized carbons (Fsp3) is 0.520. The van der Waals surface area contributed by atoms with Crippen LogP contribution in [-0.4, -0.2) is 86.9 Å². The molecular weight excluding hydrogens is 472 g/mol. The van der Waals surface area contributed by atoms with Gasteiger partial charge in [0.05, 0.1) is 23.1 Å². The number of amides is 1. The number of hydrogen-bond donors (Lipinski definition) is 4. The molecule has 0 aromatic heterocycles. The van der Waals surface area contributed by atoms with Crippen molar-refractivity contribution in [2.24, 2.45) is 29.4 Å². The van der Waals surface area contributed by atoms with E-state index < -0.39 is 82.0 Å². The Labute approximate surface area is 206 Å². The van der Waals surface area contributed by atoms with Gasteiger partial charge in [0.15, 0.2) is 34.5 Å². The first-order valence-electron chi connectivity index (χ1n) is 11.6. The molecule has 0 spiro atoms. The quantitative estimate of drug-likeness (QED) is 0.296. The minimum absolute atomic E-state index is 0.0194. The summed E-state index contributed by atoms with van der Waals surface area (Å²) in [7, 11) is 3.10. The maximum absolute atomic E-state index is 13.8. The highest BCUT2D eigenvalue weighted by molar-refractivity contribution is 6.26. The second kappa shape index (κ2) is 8.39. The Balaban J connectivity index is 1.93. The smallest absolute Gasteiger partial charge is 0.230 e. The molecule has 1 aromatic rings. The Bertz CT molecular complexity index is 1250. The van der Waals surface area contributed by atoms with Crippen molar-refractivity contribution in [1.82, 2.24) is 4.90 Å². The second-order valence-corrected chi connectivity index (χ2v) is 10.3. The van der Waals surface area contributed by atoms with E-state index in [9.17, 15) is 44.1 Å². The van der Waals surface area contributed by atoms with Crippen molar-refractivity contribution in [3.63, 3.8) is 0 Å². The van der Waals surface area contributed by atoms with Crippen LogP contribution < -0.4 is 5.73 Å². The van der Waals surface area contributed by atoms with Crippen molar-refractivity contribution in [1.29, 1.82) is 0 Å². The summed E-state index contributed by atoms with van der Waals surface area (Å²) in [5, 5.41) is 33.2. The van der Waals surface area contributed by atoms with Gasteiger partial charge in [-0.1, -0.05) is 0 Å². The summed E-state index contributed by atoms with van der Waals surface area (Å²) >= 11 is 0. The van der Waals surface area contributed by atoms with Crippen LogP contribution >= 0.6 is 0 Å². The lowest BCUT2D eigenvalue weighted by molar-refractivity contribution is -0.190. The zero-order valence-corrected chi connectivity index (χ0v) is 20.3. The summed E-state index contributed by atoms with van der Waals surface area (Å²) in [5.74, 6) is -11.6. The minimum Gasteiger partial charge on any atom is -0.506 e. The van der Waals surface area contributed by atoms with E-state index in [1.165, 1.54) is 17.9 Å². The van der Waals surface area contributed by atoms with Gasteiger partial charge in [-0.3, -0.25) is 28.8 Å². The monoisotopic (exact) mass is 500 g/mol. The Morgan fingerprint density at radius 2 is 1.64 bits per heavy atom. The van der Waals surface area contributed by atoms with E-state index in [0.29, 0.717) is 0 Å². The number of aliphatic hydroxyl groups is 2. The maximum Gasteiger partial charge on any atom is 0.230 e. The molecular formula is C25H28N2O9. The Morgan fingerprint density at radius 3 is 2.14 bits per heavy atom. The van der Waals surface area contributed by atoms with Crippen LogP contribution in [0.1, 0.15) is 56.9 Å². The van der Waals surface area contributed by atoms with Gasteiger partial charge in [-0.25, -0.2) is 0 Å². The first kappa shape index (κ1) is 25.8. The third kappa shape index (κ3) is 3.30. The third-order valence-corrected chi connectivity index (χ3v) is 8.05. The van der Waals surface area contributed by atoms with Gasteiger partial charge in [-0.15, -0.1) is 0 Å². The van der Waals surface area contributed by atoms with Gasteiger partial charge in [-0.05, 0) is 58.3 Å². The normalized spacial score (nSPS) is 33.6. The first-order chi connectivity index (χ1) is 16.7. The summed E-state index contributed by atoms with van der Waals surface area (Å²) in [6, 6.07) is 0.203. The number of ketones is 5. The molecule has 7 atom stereocenters. The number of nitrogens with two attached hydrogens (primary N) is 1. The Hall–Kier alpha value is -3.28. The van der Waals surface area contributed by atoms with Crippen LogP contribution in [0.2, 0.25) is 0 Å². The molecule has 36 heavy (non-hydrogen) atoms. The molecule has 0 radical (unpaired) electrons. The molecule has 4 rings (SSSR count). The van der Waals surface area contributed by atoms with Crippen molar-refractivity contribution >= 4 is 34.8 Å². The summed E-state index contributed by atoms with van der Waals surface area (Å²) in [4.78, 5) is 78.8. The zero-order chi connectivity index (χ0) is 27.0. The number of phenolic OH excluding ortho intramolecular Hbond substituents is 1. The van der Waals surface area contributed by atoms with Gasteiger partial charge in [0.1, 0.15) is 11.7 Å². The Morgan fingerprint density at radius 1 is 1.06 bits per heavy atom. The van der Waals surface area contributed by atoms with Crippen LogP contribution in [0.5, 0.6) is 5.75 Å². The summed E-state index contributed by atoms with van der Waals surface area (Å²) in [6.07, 6.45) is -1.68. The molecule has 0 saturated heterocycles. The number of rotatable bonds is 4. The van der Waals surface area contributed by atoms with E-state index in [2.05, 4.69) is 0 Å². The summed E-state index contributed by atoms with van der Waals surface area (Å²) < 4.78 is 0. The van der Waals surface area contributed by atoms with Crippen LogP contribution in [0.3, 0.4) is 0 Å². The van der Waals surface area contributed by atoms with Gasteiger partial charge >= 0.3 is 0 Å². The summed E-state index contributed by atoms with van der Waals surface area (Å²) in [6.45, 7) is 2.40. The third-order valence-electron chi connectivity index (χ3n) is 8.05. The predicted molar refractivity (Wildman–Crippen MR) is 122 cm³/mol. The highest BCUT2D eigenvalue weighted by Gasteiger charge is 2.69. The maximum atomic E-state index is 13.8. The molecule has 3 aliphatic carbocycles. The van der Waals surface area contributed by atoms with Crippen molar-refractivity contribution in [2.45, 2.75) is 44.4 Å². The van der Waals surface area contributed by atoms with Gasteiger partial charge in [0.25, 0.3) is 0 Å². The van der Waals surface area contributed by atoms with Crippen LogP contribution in [0.4, 0.5) is 0 Å². The number of carbonyl (C=O) groups excluding carboxylic acids is 6. The highest BCUT2D eigenvalue weighted by Crippen LogP contribution is 2.52. The van der Waals surface area contributed by atoms with Gasteiger partial charge in [0.2, 0.25) is 5.91 Å². The molecule has 0 aliphatic heterocycles. The number of phenols is 1. The molecule has 0 bridgehead atoms. The predicted octanol–water partition coefficient (Wildman–Crippen LogP) is -0.936. The number of Topliss-reactive ketones (excluding diaryl/α,β-unsaturated/α-hetero) is 5. The largest absolute Gasteiger partial charge is 0.506 e. The lowest BCUT2D eigenvalue weighted by atomic mass is 9.52. The molecule has 11 heteroatoms. The molecule has 2 fully saturated rings. The SMILES string of the molecule is CC(=O)c1cc(C(C)=O)c2c(c1O)C(=O)C1C(=O)[C@@]3(O)C(=O)C(C(N)=O)C(O)[C@H](N(C)C)[C@H]3C[C@H]1C2. The second-order valence-electron chi connectivity index (χ2n) is 10.3. The number of benzene rings is 1. The molecule has 192 valence electrons. The number of aromatic hydroxyl groups is 1. The highest BCUT2D eigenvalue weighted by atomic mass is 16.3. The standard InChI is InChI=1S/C25H28N2O9/c1-8(28)11-7-12(9(2)29)19(30)16-13(11)5-10-6-14-18(27(3)4)21(32)17(24(26)35)23(34)25(14,36)22(33)15(10)20(16)31/h7,10,14-15,17-18,21,30,32,36H,5-6H2,1-4H3,(H2,26,35)/t10-,14-,15?,17?,18-,21?,25-/m1/s1. The molecule has 2 saturated carbocycles. The van der Waals surface area contributed by atoms with Gasteiger partial charge in [-0.2, -0.15) is 0 Å². The van der Waals surface area contributed by atoms with Crippen molar-refractivity contribution in [2.75, 3.05) is 14.1 Å². The number of aliphatic hydroxyl groups excluding tert-OH is 1. The molecule has 0 heterocycles. The fourth-order valence-corrected chi connectivity index (χ4v) is 6.47. The van der Waals surface area contributed by atoms with E-state index in [1.807, 2.05) is 0 Å². The average molecular weight is 501 g/mol. The minimum atomic E-state index is -2.78. The lowest BCUT2D eigenvalue weighted by Gasteiger charge is -2.54. The molecule has 5 N–H and O–H groups in total. The van der Waals surface area contributed by atoms with Crippen molar-refractivity contribution in [3.05, 3.63) is 28.3 Å². The van der Waals surface area contributed by atoms with Crippen LogP contribution in [0.25, 0.3) is 0 Å². The Kier molecular flexibility index (Phi) is 6.02. The molecule has 3 unspecified atom stereocenters. The number of fused-ring (bicyclic) bond motifs is 3. The number of hydrogen-bond acceptors (Lipinski definition) is 10. The van der Waals surface area contributed by atoms with Crippen molar-refractivity contribution < 1.29 is 44.1 Å². The number of carbonyl (C=O) groups is 6. The molecule has 1 amide bonds. The number of likely N-dealkylation sites (N-methyl/N-ethyl adjacent to an activating group) is 1. The van der Waals surface area contributed by atoms with E-state index >= 15 is 0 Å². The van der Waals surface area contributed by atoms with Crippen LogP contribution in [0, 0.1) is 23.7 Å². The van der Waals surface area contributed by atoms with Gasteiger partial charge in [0, 0.05) is 17.5 Å². The van der Waals surface area contributed by atoms with Gasteiger partial charge < -0.3 is 26.0 Å². The topological polar surface area (TPSA) is 192 Å². The van der Waals surface area contributed by atoms with E-state index in [-0.39, 0.29) is 35.1 Å². The number of primary amides is 1.